The predicted octanol–water partition coefficient (Wildman–Crippen LogP) is 2.73. The van der Waals surface area contributed by atoms with Crippen LogP contribution in [0.4, 0.5) is 0 Å². The molecule has 0 spiro atoms. The lowest BCUT2D eigenvalue weighted by Crippen LogP contribution is -2.08. The number of hydrogen-bond donors (Lipinski definition) is 0. The van der Waals surface area contributed by atoms with E-state index in [1.165, 1.54) is 0 Å². The lowest BCUT2D eigenvalue weighted by atomic mass is 10.0. The molecule has 0 bridgehead atoms. The van der Waals surface area contributed by atoms with Crippen LogP contribution in [0, 0.1) is 0 Å². The van der Waals surface area contributed by atoms with Crippen molar-refractivity contribution in [3.63, 3.8) is 0 Å². The molecule has 1 aromatic rings. The Hall–Kier alpha value is -1.35. The fraction of sp³-hybridized carbons (Fsp3) is 0.385. The largest absolute Gasteiger partial charge is 0.462 e. The van der Waals surface area contributed by atoms with Gasteiger partial charge in [-0.05, 0) is 30.5 Å². The summed E-state index contributed by atoms with van der Waals surface area (Å²) in [6, 6.07) is 5.38. The fourth-order valence-electron chi connectivity index (χ4n) is 1.55. The summed E-state index contributed by atoms with van der Waals surface area (Å²) in [5.41, 5.74) is 2.24. The van der Waals surface area contributed by atoms with E-state index >= 15 is 0 Å². The Balaban J connectivity index is 2.92. The summed E-state index contributed by atoms with van der Waals surface area (Å²) in [4.78, 5) is 21.9. The van der Waals surface area contributed by atoms with Crippen molar-refractivity contribution in [2.75, 3.05) is 6.61 Å². The molecule has 1 rings (SSSR count). The number of carbonyl (C=O) groups is 2. The van der Waals surface area contributed by atoms with Crippen LogP contribution < -0.4 is 0 Å². The number of carbonyl (C=O) groups excluding carboxylic acids is 2. The molecule has 4 heteroatoms. The summed E-state index contributed by atoms with van der Waals surface area (Å²) in [6.45, 7) is 2.10. The topological polar surface area (TPSA) is 43.4 Å². The second kappa shape index (κ2) is 7.07. The molecule has 0 aliphatic rings. The van der Waals surface area contributed by atoms with Crippen molar-refractivity contribution >= 4 is 23.9 Å². The summed E-state index contributed by atoms with van der Waals surface area (Å²) in [7, 11) is 0. The van der Waals surface area contributed by atoms with Gasteiger partial charge in [0.2, 0.25) is 0 Å². The Morgan fingerprint density at radius 1 is 1.47 bits per heavy atom. The quantitative estimate of drug-likeness (QED) is 0.445. The number of benzene rings is 1. The summed E-state index contributed by atoms with van der Waals surface area (Å²) in [5.74, 6) is -0.103. The maximum Gasteiger partial charge on any atom is 0.338 e. The average Bonchev–Trinajstić information content (AvgIpc) is 2.36. The number of esters is 1. The van der Waals surface area contributed by atoms with Gasteiger partial charge < -0.3 is 9.53 Å². The van der Waals surface area contributed by atoms with Crippen LogP contribution in [0.3, 0.4) is 0 Å². The Morgan fingerprint density at radius 3 is 2.82 bits per heavy atom. The molecule has 0 saturated heterocycles. The molecule has 0 heterocycles. The van der Waals surface area contributed by atoms with Crippen LogP contribution in [-0.4, -0.2) is 18.9 Å². The molecular weight excluding hydrogens is 240 g/mol. The van der Waals surface area contributed by atoms with Gasteiger partial charge in [0, 0.05) is 12.3 Å². The van der Waals surface area contributed by atoms with Gasteiger partial charge >= 0.3 is 5.97 Å². The van der Waals surface area contributed by atoms with Gasteiger partial charge in [-0.25, -0.2) is 4.79 Å². The van der Waals surface area contributed by atoms with Crippen molar-refractivity contribution < 1.29 is 14.3 Å². The molecule has 0 radical (unpaired) electrons. The zero-order valence-electron chi connectivity index (χ0n) is 9.74. The number of aldehydes is 1. The third kappa shape index (κ3) is 3.86. The molecule has 0 aromatic heterocycles. The van der Waals surface area contributed by atoms with Gasteiger partial charge in [-0.1, -0.05) is 12.1 Å². The van der Waals surface area contributed by atoms with Gasteiger partial charge in [-0.2, -0.15) is 0 Å². The van der Waals surface area contributed by atoms with Gasteiger partial charge in [0.25, 0.3) is 0 Å². The number of aryl methyl sites for hydroxylation is 1. The number of rotatable bonds is 6. The third-order valence-corrected chi connectivity index (χ3v) is 2.65. The van der Waals surface area contributed by atoms with Crippen LogP contribution in [0.1, 0.15) is 34.8 Å². The predicted molar refractivity (Wildman–Crippen MR) is 66.3 cm³/mol. The first kappa shape index (κ1) is 13.7. The zero-order chi connectivity index (χ0) is 12.7. The fourth-order valence-corrected chi connectivity index (χ4v) is 1.77. The van der Waals surface area contributed by atoms with Crippen molar-refractivity contribution in [1.82, 2.24) is 0 Å². The van der Waals surface area contributed by atoms with Crippen molar-refractivity contribution in [2.45, 2.75) is 25.6 Å². The number of hydrogen-bond acceptors (Lipinski definition) is 3. The molecule has 0 N–H and O–H groups in total. The molecule has 3 nitrogen and oxygen atoms in total. The molecule has 0 saturated carbocycles. The number of ether oxygens (including phenoxy) is 1. The van der Waals surface area contributed by atoms with E-state index in [1.54, 1.807) is 13.0 Å². The van der Waals surface area contributed by atoms with Crippen molar-refractivity contribution in [3.8, 4) is 0 Å². The Bertz CT molecular complexity index is 402. The minimum absolute atomic E-state index is 0.253. The molecule has 0 atom stereocenters. The van der Waals surface area contributed by atoms with Crippen molar-refractivity contribution in [1.29, 1.82) is 0 Å². The minimum Gasteiger partial charge on any atom is -0.462 e. The summed E-state index contributed by atoms with van der Waals surface area (Å²) >= 11 is 5.81. The summed E-state index contributed by atoms with van der Waals surface area (Å²) < 4.78 is 4.94. The zero-order valence-corrected chi connectivity index (χ0v) is 10.5. The number of halogens is 1. The van der Waals surface area contributed by atoms with Crippen LogP contribution in [0.5, 0.6) is 0 Å². The van der Waals surface area contributed by atoms with Crippen LogP contribution in [0.2, 0.25) is 0 Å². The lowest BCUT2D eigenvalue weighted by Gasteiger charge is -2.08. The molecule has 0 aliphatic heterocycles. The van der Waals surface area contributed by atoms with Crippen molar-refractivity contribution in [3.05, 3.63) is 34.9 Å². The molecule has 0 fully saturated rings. The van der Waals surface area contributed by atoms with Gasteiger partial charge in [0.1, 0.15) is 6.29 Å². The SMILES string of the molecule is CCOC(=O)c1ccc(CCC=O)cc1CCl. The van der Waals surface area contributed by atoms with E-state index in [4.69, 9.17) is 16.3 Å². The standard InChI is InChI=1S/C13H15ClO3/c1-2-17-13(16)12-6-5-10(4-3-7-15)8-11(12)9-14/h5-8H,2-4,9H2,1H3. The highest BCUT2D eigenvalue weighted by molar-refractivity contribution is 6.17. The Morgan fingerprint density at radius 2 is 2.24 bits per heavy atom. The van der Waals surface area contributed by atoms with E-state index in [1.807, 2.05) is 12.1 Å². The van der Waals surface area contributed by atoms with Crippen LogP contribution >= 0.6 is 11.6 Å². The minimum atomic E-state index is -0.356. The van der Waals surface area contributed by atoms with Gasteiger partial charge in [0.15, 0.2) is 0 Å². The maximum atomic E-state index is 11.6. The highest BCUT2D eigenvalue weighted by Gasteiger charge is 2.12. The highest BCUT2D eigenvalue weighted by Crippen LogP contribution is 2.16. The average molecular weight is 255 g/mol. The van der Waals surface area contributed by atoms with Crippen LogP contribution in [0.15, 0.2) is 18.2 Å². The van der Waals surface area contributed by atoms with Gasteiger partial charge in [-0.15, -0.1) is 11.6 Å². The van der Waals surface area contributed by atoms with Crippen LogP contribution in [-0.2, 0) is 21.8 Å². The second-order valence-corrected chi connectivity index (χ2v) is 3.82. The van der Waals surface area contributed by atoms with E-state index in [2.05, 4.69) is 0 Å². The molecule has 1 aromatic carbocycles. The normalized spacial score (nSPS) is 10.0. The van der Waals surface area contributed by atoms with E-state index in [9.17, 15) is 9.59 Å². The molecule has 0 aliphatic carbocycles. The maximum absolute atomic E-state index is 11.6. The Labute approximate surface area is 106 Å². The van der Waals surface area contributed by atoms with E-state index in [0.29, 0.717) is 25.0 Å². The van der Waals surface area contributed by atoms with Crippen molar-refractivity contribution in [2.24, 2.45) is 0 Å². The van der Waals surface area contributed by atoms with Gasteiger partial charge in [0.05, 0.1) is 12.2 Å². The second-order valence-electron chi connectivity index (χ2n) is 3.55. The van der Waals surface area contributed by atoms with E-state index in [0.717, 1.165) is 17.4 Å². The van der Waals surface area contributed by atoms with Gasteiger partial charge in [-0.3, -0.25) is 0 Å². The molecule has 0 amide bonds. The molecule has 17 heavy (non-hydrogen) atoms. The van der Waals surface area contributed by atoms with E-state index in [-0.39, 0.29) is 11.8 Å². The summed E-state index contributed by atoms with van der Waals surface area (Å²) in [6.07, 6.45) is 2.01. The first-order chi connectivity index (χ1) is 8.22. The Kier molecular flexibility index (Phi) is 5.70. The first-order valence-electron chi connectivity index (χ1n) is 5.51. The lowest BCUT2D eigenvalue weighted by molar-refractivity contribution is -0.107. The number of alkyl halides is 1. The van der Waals surface area contributed by atoms with Crippen LogP contribution in [0.25, 0.3) is 0 Å². The smallest absolute Gasteiger partial charge is 0.338 e. The first-order valence-corrected chi connectivity index (χ1v) is 6.04. The monoisotopic (exact) mass is 254 g/mol. The van der Waals surface area contributed by atoms with E-state index < -0.39 is 0 Å². The summed E-state index contributed by atoms with van der Waals surface area (Å²) in [5, 5.41) is 0. The molecular formula is C13H15ClO3. The third-order valence-electron chi connectivity index (χ3n) is 2.36. The molecule has 92 valence electrons. The molecule has 0 unspecified atom stereocenters. The highest BCUT2D eigenvalue weighted by atomic mass is 35.5.